The average Bonchev–Trinajstić information content (AvgIpc) is 2.74. The van der Waals surface area contributed by atoms with Gasteiger partial charge in [-0.15, -0.1) is 0 Å². The lowest BCUT2D eigenvalue weighted by atomic mass is 10.2. The van der Waals surface area contributed by atoms with Crippen LogP contribution in [0, 0.1) is 11.6 Å². The van der Waals surface area contributed by atoms with Crippen molar-refractivity contribution in [3.05, 3.63) is 64.8 Å². The fourth-order valence-corrected chi connectivity index (χ4v) is 2.55. The fraction of sp³-hybridized carbons (Fsp3) is 0. The molecule has 0 spiro atoms. The van der Waals surface area contributed by atoms with Crippen LogP contribution in [0.4, 0.5) is 8.78 Å². The Morgan fingerprint density at radius 1 is 0.889 bits per heavy atom. The molecule has 0 amide bonds. The summed E-state index contributed by atoms with van der Waals surface area (Å²) in [4.78, 5) is 0. The van der Waals surface area contributed by atoms with Crippen LogP contribution in [0.2, 0.25) is 0 Å². The van der Waals surface area contributed by atoms with E-state index in [4.69, 9.17) is 0 Å². The smallest absolute Gasteiger partial charge is 0.126 e. The summed E-state index contributed by atoms with van der Waals surface area (Å²) in [6.45, 7) is 0. The van der Waals surface area contributed by atoms with Gasteiger partial charge in [0.05, 0.1) is 5.52 Å². The third-order valence-electron chi connectivity index (χ3n) is 2.83. The van der Waals surface area contributed by atoms with Gasteiger partial charge in [0, 0.05) is 21.7 Å². The van der Waals surface area contributed by atoms with Gasteiger partial charge in [-0.25, -0.2) is 8.78 Å². The lowest BCUT2D eigenvalue weighted by Gasteiger charge is -2.06. The minimum absolute atomic E-state index is 0.289. The van der Waals surface area contributed by atoms with Gasteiger partial charge in [0.15, 0.2) is 0 Å². The standard InChI is InChI=1S/C14H8BrF2N/c15-13-7-10(17)8-14-12(13)5-6-18(14)11-3-1-9(16)2-4-11/h1-8H. The second kappa shape index (κ2) is 4.21. The molecular formula is C14H8BrF2N. The molecule has 1 heterocycles. The second-order valence-corrected chi connectivity index (χ2v) is 4.84. The Bertz CT molecular complexity index is 716. The van der Waals surface area contributed by atoms with Crippen LogP contribution >= 0.6 is 15.9 Å². The maximum Gasteiger partial charge on any atom is 0.126 e. The Balaban J connectivity index is 2.27. The highest BCUT2D eigenvalue weighted by molar-refractivity contribution is 9.10. The minimum atomic E-state index is -0.309. The molecule has 90 valence electrons. The van der Waals surface area contributed by atoms with Crippen molar-refractivity contribution in [2.75, 3.05) is 0 Å². The Kier molecular flexibility index (Phi) is 2.67. The molecule has 3 rings (SSSR count). The van der Waals surface area contributed by atoms with Gasteiger partial charge in [0.2, 0.25) is 0 Å². The van der Waals surface area contributed by atoms with Crippen LogP contribution in [0.1, 0.15) is 0 Å². The van der Waals surface area contributed by atoms with E-state index >= 15 is 0 Å². The van der Waals surface area contributed by atoms with Gasteiger partial charge in [-0.3, -0.25) is 0 Å². The van der Waals surface area contributed by atoms with E-state index in [2.05, 4.69) is 15.9 Å². The summed E-state index contributed by atoms with van der Waals surface area (Å²) in [7, 11) is 0. The molecular weight excluding hydrogens is 300 g/mol. The van der Waals surface area contributed by atoms with Crippen molar-refractivity contribution in [3.8, 4) is 5.69 Å². The Labute approximate surface area is 111 Å². The molecule has 0 saturated carbocycles. The van der Waals surface area contributed by atoms with Crippen LogP contribution in [-0.4, -0.2) is 4.57 Å². The molecule has 1 aromatic heterocycles. The lowest BCUT2D eigenvalue weighted by molar-refractivity contribution is 0.626. The molecule has 2 aromatic carbocycles. The summed E-state index contributed by atoms with van der Waals surface area (Å²) in [5, 5.41) is 0.917. The maximum absolute atomic E-state index is 13.4. The first kappa shape index (κ1) is 11.4. The molecule has 0 radical (unpaired) electrons. The van der Waals surface area contributed by atoms with Crippen molar-refractivity contribution < 1.29 is 8.78 Å². The molecule has 1 nitrogen and oxygen atoms in total. The van der Waals surface area contributed by atoms with Crippen LogP contribution in [-0.2, 0) is 0 Å². The fourth-order valence-electron chi connectivity index (χ4n) is 1.99. The highest BCUT2D eigenvalue weighted by Gasteiger charge is 2.08. The first-order valence-corrected chi connectivity index (χ1v) is 6.16. The average molecular weight is 308 g/mol. The molecule has 0 atom stereocenters. The largest absolute Gasteiger partial charge is 0.316 e. The van der Waals surface area contributed by atoms with E-state index in [1.54, 1.807) is 12.1 Å². The third kappa shape index (κ3) is 1.82. The predicted octanol–water partition coefficient (Wildman–Crippen LogP) is 4.67. The zero-order valence-electron chi connectivity index (χ0n) is 9.20. The number of hydrogen-bond acceptors (Lipinski definition) is 0. The molecule has 0 aliphatic heterocycles. The molecule has 0 saturated heterocycles. The molecule has 0 unspecified atom stereocenters. The molecule has 0 aliphatic carbocycles. The van der Waals surface area contributed by atoms with Crippen LogP contribution in [0.25, 0.3) is 16.6 Å². The second-order valence-electron chi connectivity index (χ2n) is 3.98. The van der Waals surface area contributed by atoms with Crippen molar-refractivity contribution in [2.45, 2.75) is 0 Å². The molecule has 0 fully saturated rings. The highest BCUT2D eigenvalue weighted by Crippen LogP contribution is 2.28. The van der Waals surface area contributed by atoms with E-state index in [1.165, 1.54) is 24.3 Å². The highest BCUT2D eigenvalue weighted by atomic mass is 79.9. The predicted molar refractivity (Wildman–Crippen MR) is 70.9 cm³/mol. The summed E-state index contributed by atoms with van der Waals surface area (Å²) in [5.74, 6) is -0.598. The van der Waals surface area contributed by atoms with Gasteiger partial charge in [0.1, 0.15) is 11.6 Å². The van der Waals surface area contributed by atoms with Crippen molar-refractivity contribution in [2.24, 2.45) is 0 Å². The third-order valence-corrected chi connectivity index (χ3v) is 3.48. The van der Waals surface area contributed by atoms with Crippen molar-refractivity contribution in [1.82, 2.24) is 4.57 Å². The number of hydrogen-bond donors (Lipinski definition) is 0. The minimum Gasteiger partial charge on any atom is -0.316 e. The Hall–Kier alpha value is -1.68. The van der Waals surface area contributed by atoms with Gasteiger partial charge < -0.3 is 4.57 Å². The van der Waals surface area contributed by atoms with Gasteiger partial charge in [-0.05, 0) is 58.4 Å². The Morgan fingerprint density at radius 3 is 2.33 bits per heavy atom. The van der Waals surface area contributed by atoms with Crippen molar-refractivity contribution in [1.29, 1.82) is 0 Å². The number of aromatic nitrogens is 1. The maximum atomic E-state index is 13.4. The summed E-state index contributed by atoms with van der Waals surface area (Å²) in [5.41, 5.74) is 1.54. The number of fused-ring (bicyclic) bond motifs is 1. The van der Waals surface area contributed by atoms with Crippen LogP contribution in [0.15, 0.2) is 53.1 Å². The zero-order chi connectivity index (χ0) is 12.7. The van der Waals surface area contributed by atoms with E-state index in [0.29, 0.717) is 4.47 Å². The normalized spacial score (nSPS) is 11.1. The van der Waals surface area contributed by atoms with Crippen molar-refractivity contribution >= 4 is 26.8 Å². The topological polar surface area (TPSA) is 4.93 Å². The first-order chi connectivity index (χ1) is 8.65. The van der Waals surface area contributed by atoms with Gasteiger partial charge in [-0.1, -0.05) is 0 Å². The quantitative estimate of drug-likeness (QED) is 0.615. The number of nitrogens with zero attached hydrogens (tertiary/aromatic N) is 1. The van der Waals surface area contributed by atoms with Crippen LogP contribution < -0.4 is 0 Å². The summed E-state index contributed by atoms with van der Waals surface area (Å²) in [6.07, 6.45) is 1.84. The van der Waals surface area contributed by atoms with E-state index in [9.17, 15) is 8.78 Å². The van der Waals surface area contributed by atoms with E-state index in [0.717, 1.165) is 16.6 Å². The van der Waals surface area contributed by atoms with Crippen molar-refractivity contribution in [3.63, 3.8) is 0 Å². The van der Waals surface area contributed by atoms with Gasteiger partial charge >= 0.3 is 0 Å². The SMILES string of the molecule is Fc1ccc(-n2ccc3c(Br)cc(F)cc32)cc1. The monoisotopic (exact) mass is 307 g/mol. The summed E-state index contributed by atoms with van der Waals surface area (Å²) < 4.78 is 28.9. The molecule has 0 aliphatic rings. The van der Waals surface area contributed by atoms with Gasteiger partial charge in [-0.2, -0.15) is 0 Å². The summed E-state index contributed by atoms with van der Waals surface area (Å²) in [6, 6.07) is 10.9. The lowest BCUT2D eigenvalue weighted by Crippen LogP contribution is -1.92. The van der Waals surface area contributed by atoms with Crippen LogP contribution in [0.3, 0.4) is 0 Å². The first-order valence-electron chi connectivity index (χ1n) is 5.37. The number of rotatable bonds is 1. The number of halogens is 3. The molecule has 3 aromatic rings. The molecule has 4 heteroatoms. The zero-order valence-corrected chi connectivity index (χ0v) is 10.8. The van der Waals surface area contributed by atoms with Crippen LogP contribution in [0.5, 0.6) is 0 Å². The number of benzene rings is 2. The van der Waals surface area contributed by atoms with Gasteiger partial charge in [0.25, 0.3) is 0 Å². The van der Waals surface area contributed by atoms with E-state index in [-0.39, 0.29) is 11.6 Å². The molecule has 0 N–H and O–H groups in total. The summed E-state index contributed by atoms with van der Waals surface area (Å²) >= 11 is 3.33. The Morgan fingerprint density at radius 2 is 1.61 bits per heavy atom. The molecule has 18 heavy (non-hydrogen) atoms. The van der Waals surface area contributed by atoms with E-state index in [1.807, 2.05) is 16.8 Å². The van der Waals surface area contributed by atoms with E-state index < -0.39 is 0 Å². The molecule has 0 bridgehead atoms.